The SMILES string of the molecule is C=CCN1C(c2ccc(OC)cc2)=CSC1=C(C#N)c1nnc2n1CCCCC2. The average Bonchev–Trinajstić information content (AvgIpc) is 3.26. The molecule has 0 spiro atoms. The van der Waals surface area contributed by atoms with Crippen LogP contribution in [0.15, 0.2) is 47.4 Å². The Hall–Kier alpha value is -2.98. The summed E-state index contributed by atoms with van der Waals surface area (Å²) >= 11 is 1.55. The molecule has 1 aromatic carbocycles. The molecule has 0 fully saturated rings. The maximum absolute atomic E-state index is 10.0. The second-order valence-electron chi connectivity index (χ2n) is 6.94. The second-order valence-corrected chi connectivity index (χ2v) is 7.80. The van der Waals surface area contributed by atoms with Crippen LogP contribution in [0.25, 0.3) is 11.3 Å². The van der Waals surface area contributed by atoms with E-state index in [4.69, 9.17) is 4.74 Å². The van der Waals surface area contributed by atoms with Crippen molar-refractivity contribution in [3.63, 3.8) is 0 Å². The number of ether oxygens (including phenoxy) is 1. The van der Waals surface area contributed by atoms with Crippen LogP contribution < -0.4 is 4.74 Å². The number of thioether (sulfide) groups is 1. The Balaban J connectivity index is 1.74. The van der Waals surface area contributed by atoms with Crippen LogP contribution in [0.1, 0.15) is 36.5 Å². The zero-order chi connectivity index (χ0) is 20.2. The third-order valence-corrected chi connectivity index (χ3v) is 6.16. The minimum absolute atomic E-state index is 0.567. The molecular weight excluding hydrogens is 382 g/mol. The van der Waals surface area contributed by atoms with E-state index < -0.39 is 0 Å². The lowest BCUT2D eigenvalue weighted by Crippen LogP contribution is -2.18. The molecule has 0 saturated heterocycles. The zero-order valence-corrected chi connectivity index (χ0v) is 17.3. The number of nitrogens with zero attached hydrogens (tertiary/aromatic N) is 5. The molecule has 4 rings (SSSR count). The lowest BCUT2D eigenvalue weighted by molar-refractivity contribution is 0.414. The molecule has 0 bridgehead atoms. The highest BCUT2D eigenvalue weighted by atomic mass is 32.2. The van der Waals surface area contributed by atoms with Gasteiger partial charge in [0.05, 0.1) is 12.8 Å². The van der Waals surface area contributed by atoms with Crippen molar-refractivity contribution in [2.45, 2.75) is 32.2 Å². The molecule has 0 N–H and O–H groups in total. The normalized spacial score (nSPS) is 17.8. The Bertz CT molecular complexity index is 1010. The summed E-state index contributed by atoms with van der Waals surface area (Å²) in [5, 5.41) is 21.8. The minimum Gasteiger partial charge on any atom is -0.497 e. The summed E-state index contributed by atoms with van der Waals surface area (Å²) in [5.41, 5.74) is 2.67. The molecule has 2 aliphatic heterocycles. The summed E-state index contributed by atoms with van der Waals surface area (Å²) in [7, 11) is 1.66. The fraction of sp³-hybridized carbons (Fsp3) is 0.318. The standard InChI is InChI=1S/C22H23N5OS/c1-3-12-26-19(16-8-10-17(28-2)11-9-16)15-29-22(26)18(14-23)21-25-24-20-7-5-4-6-13-27(20)21/h3,8-11,15H,1,4-7,12-13H2,2H3. The van der Waals surface area contributed by atoms with Gasteiger partial charge in [-0.05, 0) is 42.7 Å². The third kappa shape index (κ3) is 3.68. The van der Waals surface area contributed by atoms with Crippen molar-refractivity contribution < 1.29 is 4.74 Å². The van der Waals surface area contributed by atoms with Crippen LogP contribution in [0, 0.1) is 11.3 Å². The van der Waals surface area contributed by atoms with E-state index in [1.54, 1.807) is 18.9 Å². The predicted octanol–water partition coefficient (Wildman–Crippen LogP) is 4.44. The molecule has 0 amide bonds. The second kappa shape index (κ2) is 8.58. The van der Waals surface area contributed by atoms with E-state index in [1.807, 2.05) is 30.3 Å². The monoisotopic (exact) mass is 405 g/mol. The van der Waals surface area contributed by atoms with Crippen molar-refractivity contribution in [1.29, 1.82) is 5.26 Å². The fourth-order valence-corrected chi connectivity index (χ4v) is 4.74. The molecule has 3 heterocycles. The van der Waals surface area contributed by atoms with Gasteiger partial charge in [-0.3, -0.25) is 0 Å². The number of methoxy groups -OCH3 is 1. The predicted molar refractivity (Wildman–Crippen MR) is 116 cm³/mol. The molecular formula is C22H23N5OS. The molecule has 0 saturated carbocycles. The summed E-state index contributed by atoms with van der Waals surface area (Å²) in [4.78, 5) is 2.12. The van der Waals surface area contributed by atoms with E-state index in [9.17, 15) is 5.26 Å². The van der Waals surface area contributed by atoms with Crippen LogP contribution in [0.4, 0.5) is 0 Å². The van der Waals surface area contributed by atoms with E-state index in [0.717, 1.165) is 53.7 Å². The Morgan fingerprint density at radius 3 is 2.83 bits per heavy atom. The number of allylic oxidation sites excluding steroid dienone is 1. The number of hydrogen-bond acceptors (Lipinski definition) is 6. The highest BCUT2D eigenvalue weighted by molar-refractivity contribution is 8.06. The van der Waals surface area contributed by atoms with Gasteiger partial charge in [0.15, 0.2) is 5.82 Å². The van der Waals surface area contributed by atoms with Crippen molar-refractivity contribution in [3.05, 3.63) is 64.6 Å². The fourth-order valence-electron chi connectivity index (χ4n) is 3.70. The number of aryl methyl sites for hydroxylation is 1. The Morgan fingerprint density at radius 2 is 2.10 bits per heavy atom. The molecule has 2 aromatic rings. The Morgan fingerprint density at radius 1 is 1.28 bits per heavy atom. The van der Waals surface area contributed by atoms with Crippen molar-refractivity contribution in [3.8, 4) is 11.8 Å². The van der Waals surface area contributed by atoms with Crippen LogP contribution in [0.3, 0.4) is 0 Å². The van der Waals surface area contributed by atoms with Crippen molar-refractivity contribution in [1.82, 2.24) is 19.7 Å². The Kier molecular flexibility index (Phi) is 5.72. The lowest BCUT2D eigenvalue weighted by atomic mass is 10.1. The van der Waals surface area contributed by atoms with Gasteiger partial charge in [0.1, 0.15) is 28.2 Å². The maximum atomic E-state index is 10.0. The number of nitriles is 1. The molecule has 2 aliphatic rings. The van der Waals surface area contributed by atoms with E-state index >= 15 is 0 Å². The van der Waals surface area contributed by atoms with Crippen LogP contribution in [0.2, 0.25) is 0 Å². The smallest absolute Gasteiger partial charge is 0.177 e. The summed E-state index contributed by atoms with van der Waals surface area (Å²) < 4.78 is 7.39. The quantitative estimate of drug-likeness (QED) is 0.541. The molecule has 148 valence electrons. The highest BCUT2D eigenvalue weighted by Crippen LogP contribution is 2.43. The number of hydrogen-bond donors (Lipinski definition) is 0. The summed E-state index contributed by atoms with van der Waals surface area (Å²) in [6.45, 7) is 5.37. The van der Waals surface area contributed by atoms with Crippen molar-refractivity contribution >= 4 is 23.0 Å². The van der Waals surface area contributed by atoms with E-state index in [2.05, 4.69) is 37.7 Å². The van der Waals surface area contributed by atoms with Gasteiger partial charge < -0.3 is 14.2 Å². The molecule has 0 atom stereocenters. The topological polar surface area (TPSA) is 67.0 Å². The number of benzene rings is 1. The molecule has 6 nitrogen and oxygen atoms in total. The first-order valence-electron chi connectivity index (χ1n) is 9.73. The van der Waals surface area contributed by atoms with Gasteiger partial charge in [-0.25, -0.2) is 0 Å². The minimum atomic E-state index is 0.567. The first kappa shape index (κ1) is 19.3. The molecule has 29 heavy (non-hydrogen) atoms. The number of rotatable bonds is 5. The first-order chi connectivity index (χ1) is 14.3. The highest BCUT2D eigenvalue weighted by Gasteiger charge is 2.28. The summed E-state index contributed by atoms with van der Waals surface area (Å²) in [5.74, 6) is 2.47. The van der Waals surface area contributed by atoms with Crippen LogP contribution in [0.5, 0.6) is 5.75 Å². The van der Waals surface area contributed by atoms with E-state index in [-0.39, 0.29) is 0 Å². The lowest BCUT2D eigenvalue weighted by Gasteiger charge is -2.23. The van der Waals surface area contributed by atoms with Crippen LogP contribution in [-0.4, -0.2) is 33.3 Å². The largest absolute Gasteiger partial charge is 0.497 e. The van der Waals surface area contributed by atoms with Crippen LogP contribution in [-0.2, 0) is 13.0 Å². The zero-order valence-electron chi connectivity index (χ0n) is 16.5. The third-order valence-electron chi connectivity index (χ3n) is 5.17. The molecule has 0 unspecified atom stereocenters. The molecule has 7 heteroatoms. The molecule has 0 aliphatic carbocycles. The molecule has 1 aromatic heterocycles. The van der Waals surface area contributed by atoms with E-state index in [0.29, 0.717) is 17.9 Å². The van der Waals surface area contributed by atoms with Crippen LogP contribution >= 0.6 is 11.8 Å². The number of fused-ring (bicyclic) bond motifs is 1. The van der Waals surface area contributed by atoms with Crippen molar-refractivity contribution in [2.24, 2.45) is 0 Å². The molecule has 0 radical (unpaired) electrons. The van der Waals surface area contributed by atoms with Gasteiger partial charge in [0, 0.05) is 24.9 Å². The summed E-state index contributed by atoms with van der Waals surface area (Å²) in [6, 6.07) is 10.3. The van der Waals surface area contributed by atoms with Gasteiger partial charge in [0.25, 0.3) is 0 Å². The van der Waals surface area contributed by atoms with Gasteiger partial charge in [-0.1, -0.05) is 24.3 Å². The van der Waals surface area contributed by atoms with Gasteiger partial charge in [-0.15, -0.1) is 16.8 Å². The van der Waals surface area contributed by atoms with Gasteiger partial charge >= 0.3 is 0 Å². The first-order valence-corrected chi connectivity index (χ1v) is 10.6. The average molecular weight is 406 g/mol. The maximum Gasteiger partial charge on any atom is 0.177 e. The van der Waals surface area contributed by atoms with E-state index in [1.165, 1.54) is 6.42 Å². The van der Waals surface area contributed by atoms with Crippen molar-refractivity contribution in [2.75, 3.05) is 13.7 Å². The summed E-state index contributed by atoms with van der Waals surface area (Å²) in [6.07, 6.45) is 6.16. The van der Waals surface area contributed by atoms with Gasteiger partial charge in [-0.2, -0.15) is 5.26 Å². The number of aromatic nitrogens is 3. The van der Waals surface area contributed by atoms with Gasteiger partial charge in [0.2, 0.25) is 0 Å². The Labute approximate surface area is 175 Å².